The van der Waals surface area contributed by atoms with E-state index in [2.05, 4.69) is 33.5 Å². The average Bonchev–Trinajstić information content (AvgIpc) is 3.15. The number of nitrogens with zero attached hydrogens (tertiary/aromatic N) is 3. The Morgan fingerprint density at radius 2 is 1.94 bits per heavy atom. The van der Waals surface area contributed by atoms with Crippen LogP contribution in [-0.4, -0.2) is 42.5 Å². The third kappa shape index (κ3) is 7.22. The molecule has 6 nitrogen and oxygen atoms in total. The van der Waals surface area contributed by atoms with Gasteiger partial charge in [-0.25, -0.2) is 0 Å². The molecule has 0 unspecified atom stereocenters. The van der Waals surface area contributed by atoms with E-state index >= 15 is 0 Å². The molecule has 2 aromatic heterocycles. The SMILES string of the molecule is COCCNCc1ccc2c(c1)cc(C#CCNc1ccc(C(C)(C)C#N)nc1)n2CC(F)(F)F. The van der Waals surface area contributed by atoms with Crippen molar-refractivity contribution in [2.45, 2.75) is 38.5 Å². The van der Waals surface area contributed by atoms with Crippen molar-refractivity contribution >= 4 is 16.6 Å². The molecule has 0 saturated heterocycles. The molecule has 9 heteroatoms. The topological polar surface area (TPSA) is 74.9 Å². The zero-order chi connectivity index (χ0) is 25.5. The molecule has 2 heterocycles. The number of halogens is 3. The summed E-state index contributed by atoms with van der Waals surface area (Å²) in [5, 5.41) is 16.2. The Morgan fingerprint density at radius 1 is 1.14 bits per heavy atom. The largest absolute Gasteiger partial charge is 0.406 e. The van der Waals surface area contributed by atoms with Gasteiger partial charge in [0.05, 0.1) is 47.9 Å². The molecule has 0 spiro atoms. The third-order valence-electron chi connectivity index (χ3n) is 5.40. The lowest BCUT2D eigenvalue weighted by molar-refractivity contribution is -0.140. The van der Waals surface area contributed by atoms with Crippen molar-refractivity contribution in [2.24, 2.45) is 0 Å². The van der Waals surface area contributed by atoms with Gasteiger partial charge in [0.2, 0.25) is 0 Å². The first kappa shape index (κ1) is 26.1. The van der Waals surface area contributed by atoms with E-state index in [4.69, 9.17) is 4.74 Å². The minimum Gasteiger partial charge on any atom is -0.383 e. The zero-order valence-corrected chi connectivity index (χ0v) is 20.0. The van der Waals surface area contributed by atoms with Crippen molar-refractivity contribution in [1.29, 1.82) is 5.26 Å². The Kier molecular flexibility index (Phi) is 8.39. The maximum Gasteiger partial charge on any atom is 0.406 e. The number of hydrogen-bond donors (Lipinski definition) is 2. The van der Waals surface area contributed by atoms with Gasteiger partial charge < -0.3 is 19.9 Å². The minimum absolute atomic E-state index is 0.227. The van der Waals surface area contributed by atoms with E-state index in [-0.39, 0.29) is 6.54 Å². The van der Waals surface area contributed by atoms with Crippen molar-refractivity contribution in [3.05, 3.63) is 59.5 Å². The van der Waals surface area contributed by atoms with Crippen molar-refractivity contribution in [2.75, 3.05) is 32.1 Å². The maximum absolute atomic E-state index is 13.3. The van der Waals surface area contributed by atoms with E-state index < -0.39 is 18.1 Å². The molecule has 3 rings (SSSR count). The van der Waals surface area contributed by atoms with Gasteiger partial charge in [-0.15, -0.1) is 0 Å². The Balaban J connectivity index is 1.76. The molecule has 0 atom stereocenters. The molecule has 0 bridgehead atoms. The van der Waals surface area contributed by atoms with Crippen LogP contribution < -0.4 is 10.6 Å². The summed E-state index contributed by atoms with van der Waals surface area (Å²) in [6, 6.07) is 12.8. The Hall–Kier alpha value is -3.53. The lowest BCUT2D eigenvalue weighted by Crippen LogP contribution is -2.19. The summed E-state index contributed by atoms with van der Waals surface area (Å²) < 4.78 is 46.0. The van der Waals surface area contributed by atoms with Gasteiger partial charge in [-0.1, -0.05) is 12.0 Å². The van der Waals surface area contributed by atoms with E-state index in [0.29, 0.717) is 47.7 Å². The van der Waals surface area contributed by atoms with Gasteiger partial charge in [0, 0.05) is 31.1 Å². The van der Waals surface area contributed by atoms with Crippen LogP contribution in [0.15, 0.2) is 42.6 Å². The normalized spacial score (nSPS) is 11.7. The molecule has 184 valence electrons. The van der Waals surface area contributed by atoms with Crippen molar-refractivity contribution < 1.29 is 17.9 Å². The number of alkyl halides is 3. The summed E-state index contributed by atoms with van der Waals surface area (Å²) in [5.41, 5.74) is 2.42. The van der Waals surface area contributed by atoms with E-state index in [1.54, 1.807) is 51.4 Å². The van der Waals surface area contributed by atoms with E-state index in [0.717, 1.165) is 5.56 Å². The predicted molar refractivity (Wildman–Crippen MR) is 130 cm³/mol. The van der Waals surface area contributed by atoms with Crippen LogP contribution in [0.3, 0.4) is 0 Å². The van der Waals surface area contributed by atoms with Crippen molar-refractivity contribution in [3.8, 4) is 17.9 Å². The number of nitrogens with one attached hydrogen (secondary N) is 2. The average molecular weight is 484 g/mol. The van der Waals surface area contributed by atoms with Crippen LogP contribution in [0, 0.1) is 23.2 Å². The standard InChI is InChI=1S/C26H28F3N5O/c1-25(2,17-30)24-9-7-21(16-33-24)32-10-4-5-22-14-20-13-19(15-31-11-12-35-3)6-8-23(20)34(22)18-26(27,28)29/h6-9,13-14,16,31-32H,10-12,15,18H2,1-3H3. The fourth-order valence-electron chi connectivity index (χ4n) is 3.50. The predicted octanol–water partition coefficient (Wildman–Crippen LogP) is 4.60. The molecule has 1 aromatic carbocycles. The second-order valence-electron chi connectivity index (χ2n) is 8.62. The second kappa shape index (κ2) is 11.3. The highest BCUT2D eigenvalue weighted by atomic mass is 19.4. The van der Waals surface area contributed by atoms with Crippen LogP contribution in [0.4, 0.5) is 18.9 Å². The quantitative estimate of drug-likeness (QED) is 0.344. The molecule has 35 heavy (non-hydrogen) atoms. The lowest BCUT2D eigenvalue weighted by Gasteiger charge is -2.14. The maximum atomic E-state index is 13.3. The van der Waals surface area contributed by atoms with Crippen LogP contribution in [0.5, 0.6) is 0 Å². The lowest BCUT2D eigenvalue weighted by atomic mass is 9.91. The highest BCUT2D eigenvalue weighted by Crippen LogP contribution is 2.26. The number of hydrogen-bond acceptors (Lipinski definition) is 5. The van der Waals surface area contributed by atoms with Crippen molar-refractivity contribution in [3.63, 3.8) is 0 Å². The van der Waals surface area contributed by atoms with Gasteiger partial charge in [0.25, 0.3) is 0 Å². The fraction of sp³-hybridized carbons (Fsp3) is 0.385. The van der Waals surface area contributed by atoms with Crippen LogP contribution >= 0.6 is 0 Å². The number of benzene rings is 1. The van der Waals surface area contributed by atoms with Gasteiger partial charge in [-0.05, 0) is 55.7 Å². The van der Waals surface area contributed by atoms with Crippen LogP contribution in [0.1, 0.15) is 30.8 Å². The number of nitriles is 1. The van der Waals surface area contributed by atoms with Crippen LogP contribution in [0.2, 0.25) is 0 Å². The smallest absolute Gasteiger partial charge is 0.383 e. The molecule has 0 saturated carbocycles. The van der Waals surface area contributed by atoms with E-state index in [1.165, 1.54) is 4.57 Å². The fourth-order valence-corrected chi connectivity index (χ4v) is 3.50. The van der Waals surface area contributed by atoms with Gasteiger partial charge in [-0.2, -0.15) is 18.4 Å². The molecule has 2 N–H and O–H groups in total. The Morgan fingerprint density at radius 3 is 2.60 bits per heavy atom. The zero-order valence-electron chi connectivity index (χ0n) is 20.0. The molecule has 0 aliphatic carbocycles. The first-order valence-corrected chi connectivity index (χ1v) is 11.1. The van der Waals surface area contributed by atoms with E-state index in [1.807, 2.05) is 12.1 Å². The number of ether oxygens (including phenoxy) is 1. The first-order valence-electron chi connectivity index (χ1n) is 11.1. The monoisotopic (exact) mass is 483 g/mol. The van der Waals surface area contributed by atoms with Crippen molar-refractivity contribution in [1.82, 2.24) is 14.9 Å². The number of pyridine rings is 1. The van der Waals surface area contributed by atoms with Gasteiger partial charge in [0.1, 0.15) is 6.54 Å². The summed E-state index contributed by atoms with van der Waals surface area (Å²) in [6.45, 7) is 4.54. The molecule has 0 fully saturated rings. The molecule has 3 aromatic rings. The second-order valence-corrected chi connectivity index (χ2v) is 8.62. The summed E-state index contributed by atoms with van der Waals surface area (Å²) >= 11 is 0. The number of anilines is 1. The molecular weight excluding hydrogens is 455 g/mol. The summed E-state index contributed by atoms with van der Waals surface area (Å²) in [7, 11) is 1.62. The van der Waals surface area contributed by atoms with E-state index in [9.17, 15) is 18.4 Å². The number of rotatable bonds is 9. The first-order chi connectivity index (χ1) is 16.6. The molecule has 0 aliphatic heterocycles. The summed E-state index contributed by atoms with van der Waals surface area (Å²) in [4.78, 5) is 4.31. The Labute approximate surface area is 203 Å². The third-order valence-corrected chi connectivity index (χ3v) is 5.40. The molecule has 0 radical (unpaired) electrons. The number of fused-ring (bicyclic) bond motifs is 1. The summed E-state index contributed by atoms with van der Waals surface area (Å²) in [5.74, 6) is 5.78. The highest BCUT2D eigenvalue weighted by Gasteiger charge is 2.29. The van der Waals surface area contributed by atoms with Gasteiger partial charge >= 0.3 is 6.18 Å². The molecular formula is C26H28F3N5O. The summed E-state index contributed by atoms with van der Waals surface area (Å²) in [6.07, 6.45) is -2.76. The number of aromatic nitrogens is 2. The number of methoxy groups -OCH3 is 1. The molecule has 0 amide bonds. The van der Waals surface area contributed by atoms with Crippen LogP contribution in [-0.2, 0) is 23.2 Å². The minimum atomic E-state index is -4.37. The van der Waals surface area contributed by atoms with Crippen LogP contribution in [0.25, 0.3) is 10.9 Å². The van der Waals surface area contributed by atoms with Gasteiger partial charge in [0.15, 0.2) is 0 Å². The van der Waals surface area contributed by atoms with Gasteiger partial charge in [-0.3, -0.25) is 4.98 Å². The Bertz CT molecular complexity index is 1240. The highest BCUT2D eigenvalue weighted by molar-refractivity contribution is 5.83. The molecule has 0 aliphatic rings.